The Hall–Kier alpha value is -2.24. The van der Waals surface area contributed by atoms with Crippen molar-refractivity contribution < 1.29 is 0 Å². The van der Waals surface area contributed by atoms with E-state index in [9.17, 15) is 0 Å². The summed E-state index contributed by atoms with van der Waals surface area (Å²) in [6.07, 6.45) is 11.3. The summed E-state index contributed by atoms with van der Waals surface area (Å²) < 4.78 is 3.04. The van der Waals surface area contributed by atoms with Crippen LogP contribution < -0.4 is 15.8 Å². The van der Waals surface area contributed by atoms with E-state index in [-0.39, 0.29) is 0 Å². The van der Waals surface area contributed by atoms with Gasteiger partial charge >= 0.3 is 0 Å². The first-order valence-electron chi connectivity index (χ1n) is 9.46. The number of hydrogen-bond donors (Lipinski definition) is 3. The molecule has 3 aliphatic rings. The molecule has 1 aromatic carbocycles. The third-order valence-electron chi connectivity index (χ3n) is 5.09. The fourth-order valence-electron chi connectivity index (χ4n) is 3.96. The summed E-state index contributed by atoms with van der Waals surface area (Å²) in [5, 5.41) is 4.39. The number of nitrogens with two attached hydrogens (primary N) is 1. The SMILES string of the molecule is C=C1NSc2ncccc21.C=CNc1c2c(cc3c1CCC3)CCC2.CN. The fourth-order valence-corrected chi connectivity index (χ4v) is 4.70. The van der Waals surface area contributed by atoms with Gasteiger partial charge in [-0.2, -0.15) is 0 Å². The van der Waals surface area contributed by atoms with Crippen molar-refractivity contribution in [2.75, 3.05) is 12.4 Å². The van der Waals surface area contributed by atoms with E-state index < -0.39 is 0 Å². The molecule has 0 unspecified atom stereocenters. The van der Waals surface area contributed by atoms with Crippen LogP contribution in [0, 0.1) is 0 Å². The van der Waals surface area contributed by atoms with Crippen molar-refractivity contribution in [3.8, 4) is 0 Å². The normalized spacial score (nSPS) is 15.3. The average Bonchev–Trinajstić information content (AvgIpc) is 3.44. The predicted molar refractivity (Wildman–Crippen MR) is 117 cm³/mol. The van der Waals surface area contributed by atoms with Gasteiger partial charge in [0.2, 0.25) is 0 Å². The van der Waals surface area contributed by atoms with Gasteiger partial charge in [0.1, 0.15) is 5.03 Å². The van der Waals surface area contributed by atoms with Crippen molar-refractivity contribution in [2.24, 2.45) is 5.73 Å². The highest BCUT2D eigenvalue weighted by Gasteiger charge is 2.23. The highest BCUT2D eigenvalue weighted by Crippen LogP contribution is 2.38. The lowest BCUT2D eigenvalue weighted by Gasteiger charge is -2.14. The lowest BCUT2D eigenvalue weighted by molar-refractivity contribution is 0.898. The van der Waals surface area contributed by atoms with Gasteiger partial charge in [-0.25, -0.2) is 4.98 Å². The molecule has 1 aliphatic heterocycles. The molecule has 4 nitrogen and oxygen atoms in total. The highest BCUT2D eigenvalue weighted by atomic mass is 32.2. The lowest BCUT2D eigenvalue weighted by Crippen LogP contribution is -2.00. The van der Waals surface area contributed by atoms with Crippen LogP contribution in [-0.4, -0.2) is 12.0 Å². The van der Waals surface area contributed by atoms with Crippen LogP contribution in [0.15, 0.2) is 48.8 Å². The molecule has 142 valence electrons. The topological polar surface area (TPSA) is 63.0 Å². The second-order valence-corrected chi connectivity index (χ2v) is 7.42. The van der Waals surface area contributed by atoms with Crippen LogP contribution in [-0.2, 0) is 25.7 Å². The van der Waals surface area contributed by atoms with E-state index in [1.54, 1.807) is 28.5 Å². The molecule has 0 amide bonds. The maximum Gasteiger partial charge on any atom is 0.126 e. The Morgan fingerprint density at radius 3 is 2.41 bits per heavy atom. The zero-order valence-corrected chi connectivity index (χ0v) is 16.8. The summed E-state index contributed by atoms with van der Waals surface area (Å²) in [4.78, 5) is 4.15. The lowest BCUT2D eigenvalue weighted by atomic mass is 9.99. The molecule has 0 radical (unpaired) electrons. The largest absolute Gasteiger partial charge is 0.362 e. The second-order valence-electron chi connectivity index (χ2n) is 6.62. The predicted octanol–water partition coefficient (Wildman–Crippen LogP) is 4.46. The molecule has 5 rings (SSSR count). The van der Waals surface area contributed by atoms with Crippen molar-refractivity contribution in [1.29, 1.82) is 0 Å². The first-order valence-corrected chi connectivity index (χ1v) is 10.3. The molecule has 0 saturated heterocycles. The van der Waals surface area contributed by atoms with Gasteiger partial charge in [0.05, 0.1) is 0 Å². The smallest absolute Gasteiger partial charge is 0.126 e. The van der Waals surface area contributed by atoms with E-state index in [0.29, 0.717) is 0 Å². The zero-order chi connectivity index (χ0) is 19.2. The first kappa shape index (κ1) is 19.5. The Morgan fingerprint density at radius 1 is 1.15 bits per heavy atom. The number of aryl methyl sites for hydroxylation is 2. The number of rotatable bonds is 2. The number of pyridine rings is 1. The molecule has 0 fully saturated rings. The maximum absolute atomic E-state index is 4.50. The van der Waals surface area contributed by atoms with Crippen molar-refractivity contribution in [1.82, 2.24) is 9.71 Å². The fraction of sp³-hybridized carbons (Fsp3) is 0.318. The zero-order valence-electron chi connectivity index (χ0n) is 16.0. The summed E-state index contributed by atoms with van der Waals surface area (Å²) >= 11 is 1.52. The molecule has 0 atom stereocenters. The van der Waals surface area contributed by atoms with E-state index in [1.165, 1.54) is 63.2 Å². The van der Waals surface area contributed by atoms with Crippen molar-refractivity contribution in [2.45, 2.75) is 43.6 Å². The van der Waals surface area contributed by atoms with Crippen molar-refractivity contribution in [3.05, 3.63) is 71.6 Å². The Morgan fingerprint density at radius 2 is 1.81 bits per heavy atom. The van der Waals surface area contributed by atoms with Gasteiger partial charge in [-0.3, -0.25) is 0 Å². The highest BCUT2D eigenvalue weighted by molar-refractivity contribution is 7.98. The Balaban J connectivity index is 0.000000153. The standard InChI is InChI=1S/C14H17N.C7H6N2S.CH5N/c1-2-15-14-12-7-3-5-10(12)9-11-6-4-8-13(11)14;1-5-6-3-2-4-8-7(6)10-9-5;1-2/h2,9,15H,1,3-8H2;2-4,9H,1H2;2H2,1H3. The van der Waals surface area contributed by atoms with Crippen molar-refractivity contribution >= 4 is 23.3 Å². The van der Waals surface area contributed by atoms with E-state index in [1.807, 2.05) is 18.3 Å². The van der Waals surface area contributed by atoms with Gasteiger partial charge in [0.25, 0.3) is 0 Å². The number of nitrogens with one attached hydrogen (secondary N) is 2. The minimum atomic E-state index is 0.952. The summed E-state index contributed by atoms with van der Waals surface area (Å²) in [6, 6.07) is 6.38. The Labute approximate surface area is 166 Å². The minimum Gasteiger partial charge on any atom is -0.362 e. The van der Waals surface area contributed by atoms with Crippen LogP contribution in [0.1, 0.15) is 40.7 Å². The number of anilines is 1. The second kappa shape index (κ2) is 9.11. The molecule has 5 heteroatoms. The van der Waals surface area contributed by atoms with Crippen LogP contribution in [0.4, 0.5) is 5.69 Å². The monoisotopic (exact) mass is 380 g/mol. The molecule has 1 aromatic heterocycles. The van der Waals surface area contributed by atoms with Gasteiger partial charge in [-0.05, 0) is 86.2 Å². The van der Waals surface area contributed by atoms with E-state index in [4.69, 9.17) is 0 Å². The maximum atomic E-state index is 4.50. The van der Waals surface area contributed by atoms with Crippen LogP contribution in [0.5, 0.6) is 0 Å². The van der Waals surface area contributed by atoms with Gasteiger partial charge in [-0.1, -0.05) is 19.2 Å². The minimum absolute atomic E-state index is 0.952. The third kappa shape index (κ3) is 4.04. The van der Waals surface area contributed by atoms with Gasteiger partial charge in [0.15, 0.2) is 0 Å². The van der Waals surface area contributed by atoms with Crippen LogP contribution >= 0.6 is 11.9 Å². The van der Waals surface area contributed by atoms with Crippen LogP contribution in [0.2, 0.25) is 0 Å². The summed E-state index contributed by atoms with van der Waals surface area (Å²) in [6.45, 7) is 7.62. The third-order valence-corrected chi connectivity index (χ3v) is 5.95. The Bertz CT molecular complexity index is 812. The molecule has 2 aromatic rings. The quantitative estimate of drug-likeness (QED) is 0.672. The van der Waals surface area contributed by atoms with Gasteiger partial charge < -0.3 is 15.8 Å². The molecule has 2 aliphatic carbocycles. The van der Waals surface area contributed by atoms with Gasteiger partial charge in [0, 0.05) is 35.1 Å². The van der Waals surface area contributed by atoms with Gasteiger partial charge in [-0.15, -0.1) is 0 Å². The number of nitrogens with zero attached hydrogens (tertiary/aromatic N) is 1. The molecule has 2 heterocycles. The van der Waals surface area contributed by atoms with E-state index >= 15 is 0 Å². The molecule has 4 N–H and O–H groups in total. The summed E-state index contributed by atoms with van der Waals surface area (Å²) in [5.41, 5.74) is 14.3. The molecule has 27 heavy (non-hydrogen) atoms. The van der Waals surface area contributed by atoms with Crippen LogP contribution in [0.25, 0.3) is 5.70 Å². The number of benzene rings is 1. The van der Waals surface area contributed by atoms with E-state index in [0.717, 1.165) is 16.3 Å². The number of fused-ring (bicyclic) bond motifs is 3. The molecule has 0 bridgehead atoms. The average molecular weight is 381 g/mol. The summed E-state index contributed by atoms with van der Waals surface area (Å²) in [7, 11) is 1.50. The first-order chi connectivity index (χ1) is 13.3. The Kier molecular flexibility index (Phi) is 6.58. The molecule has 0 spiro atoms. The molecular weight excluding hydrogens is 352 g/mol. The summed E-state index contributed by atoms with van der Waals surface area (Å²) in [5.74, 6) is 0. The van der Waals surface area contributed by atoms with Crippen molar-refractivity contribution in [3.63, 3.8) is 0 Å². The molecule has 0 saturated carbocycles. The van der Waals surface area contributed by atoms with Crippen LogP contribution in [0.3, 0.4) is 0 Å². The molecular formula is C22H28N4S. The number of aromatic nitrogens is 1. The number of hydrogen-bond acceptors (Lipinski definition) is 5. The van der Waals surface area contributed by atoms with E-state index in [2.05, 4.69) is 40.0 Å².